The van der Waals surface area contributed by atoms with Gasteiger partial charge in [0.1, 0.15) is 0 Å². The van der Waals surface area contributed by atoms with Crippen LogP contribution < -0.4 is 5.32 Å². The van der Waals surface area contributed by atoms with E-state index in [4.69, 9.17) is 4.74 Å². The lowest BCUT2D eigenvalue weighted by Gasteiger charge is -2.22. The highest BCUT2D eigenvalue weighted by atomic mass is 16.5. The number of hydrogen-bond acceptors (Lipinski definition) is 3. The second kappa shape index (κ2) is 4.87. The molecule has 2 rings (SSSR count). The van der Waals surface area contributed by atoms with E-state index in [2.05, 4.69) is 35.6 Å². The molecule has 0 saturated carbocycles. The van der Waals surface area contributed by atoms with Gasteiger partial charge in [0.25, 0.3) is 0 Å². The fourth-order valence-corrected chi connectivity index (χ4v) is 2.17. The van der Waals surface area contributed by atoms with E-state index in [-0.39, 0.29) is 0 Å². The van der Waals surface area contributed by atoms with Gasteiger partial charge < -0.3 is 14.6 Å². The molecule has 1 saturated heterocycles. The normalized spacial score (nSPS) is 22.6. The van der Waals surface area contributed by atoms with Crippen LogP contribution in [0.25, 0.3) is 0 Å². The molecule has 16 heavy (non-hydrogen) atoms. The van der Waals surface area contributed by atoms with Crippen molar-refractivity contribution in [2.24, 2.45) is 5.92 Å². The zero-order valence-electron chi connectivity index (χ0n) is 10.3. The van der Waals surface area contributed by atoms with Crippen LogP contribution in [0.4, 0.5) is 5.95 Å². The minimum absolute atomic E-state index is 0.410. The molecule has 4 nitrogen and oxygen atoms in total. The average molecular weight is 223 g/mol. The largest absolute Gasteiger partial charge is 0.381 e. The SMILES string of the molecule is CC(C)Nc1nccn1C(C)C1CCOC1. The summed E-state index contributed by atoms with van der Waals surface area (Å²) in [6, 6.07) is 0.861. The van der Waals surface area contributed by atoms with Crippen LogP contribution in [0.3, 0.4) is 0 Å². The third kappa shape index (κ3) is 2.38. The van der Waals surface area contributed by atoms with E-state index in [1.165, 1.54) is 0 Å². The van der Waals surface area contributed by atoms with Crippen LogP contribution in [0.1, 0.15) is 33.2 Å². The molecule has 0 aliphatic carbocycles. The van der Waals surface area contributed by atoms with Crippen molar-refractivity contribution in [1.82, 2.24) is 9.55 Å². The topological polar surface area (TPSA) is 39.1 Å². The minimum Gasteiger partial charge on any atom is -0.381 e. The molecule has 0 radical (unpaired) electrons. The molecule has 1 aromatic heterocycles. The number of hydrogen-bond donors (Lipinski definition) is 1. The molecule has 2 unspecified atom stereocenters. The van der Waals surface area contributed by atoms with Crippen molar-refractivity contribution in [3.05, 3.63) is 12.4 Å². The van der Waals surface area contributed by atoms with Crippen LogP contribution in [-0.4, -0.2) is 28.8 Å². The van der Waals surface area contributed by atoms with Gasteiger partial charge in [-0.05, 0) is 27.2 Å². The van der Waals surface area contributed by atoms with E-state index in [0.717, 1.165) is 25.6 Å². The Morgan fingerprint density at radius 1 is 1.50 bits per heavy atom. The molecule has 1 aliphatic rings. The molecule has 1 aromatic rings. The van der Waals surface area contributed by atoms with Crippen LogP contribution in [0.2, 0.25) is 0 Å². The smallest absolute Gasteiger partial charge is 0.203 e. The Hall–Kier alpha value is -1.03. The van der Waals surface area contributed by atoms with Crippen molar-refractivity contribution in [2.75, 3.05) is 18.5 Å². The molecule has 0 aromatic carbocycles. The highest BCUT2D eigenvalue weighted by Gasteiger charge is 2.24. The number of aromatic nitrogens is 2. The lowest BCUT2D eigenvalue weighted by Crippen LogP contribution is -2.21. The average Bonchev–Trinajstić information content (AvgIpc) is 2.84. The zero-order chi connectivity index (χ0) is 11.5. The molecular weight excluding hydrogens is 202 g/mol. The molecule has 1 N–H and O–H groups in total. The summed E-state index contributed by atoms with van der Waals surface area (Å²) in [6.45, 7) is 8.27. The molecule has 0 bridgehead atoms. The number of anilines is 1. The Labute approximate surface area is 97.0 Å². The van der Waals surface area contributed by atoms with Crippen molar-refractivity contribution in [2.45, 2.75) is 39.3 Å². The summed E-state index contributed by atoms with van der Waals surface area (Å²) >= 11 is 0. The van der Waals surface area contributed by atoms with Crippen LogP contribution in [-0.2, 0) is 4.74 Å². The number of nitrogens with one attached hydrogen (secondary N) is 1. The predicted molar refractivity (Wildman–Crippen MR) is 64.6 cm³/mol. The van der Waals surface area contributed by atoms with Gasteiger partial charge in [-0.25, -0.2) is 4.98 Å². The summed E-state index contributed by atoms with van der Waals surface area (Å²) in [7, 11) is 0. The van der Waals surface area contributed by atoms with Gasteiger partial charge in [-0.2, -0.15) is 0 Å². The van der Waals surface area contributed by atoms with Gasteiger partial charge in [-0.1, -0.05) is 0 Å². The van der Waals surface area contributed by atoms with E-state index < -0.39 is 0 Å². The lowest BCUT2D eigenvalue weighted by atomic mass is 10.0. The maximum Gasteiger partial charge on any atom is 0.203 e. The predicted octanol–water partition coefficient (Wildman–Crippen LogP) is 2.30. The van der Waals surface area contributed by atoms with E-state index in [1.807, 2.05) is 12.4 Å². The maximum atomic E-state index is 5.44. The van der Waals surface area contributed by atoms with Gasteiger partial charge in [-0.15, -0.1) is 0 Å². The summed E-state index contributed by atoms with van der Waals surface area (Å²) in [5, 5.41) is 3.37. The van der Waals surface area contributed by atoms with Crippen molar-refractivity contribution < 1.29 is 4.74 Å². The Morgan fingerprint density at radius 2 is 2.31 bits per heavy atom. The standard InChI is InChI=1S/C12H21N3O/c1-9(2)14-12-13-5-6-15(12)10(3)11-4-7-16-8-11/h5-6,9-11H,4,7-8H2,1-3H3,(H,13,14). The Kier molecular flexibility index (Phi) is 3.49. The third-order valence-electron chi connectivity index (χ3n) is 3.17. The molecular formula is C12H21N3O. The molecule has 0 amide bonds. The maximum absolute atomic E-state index is 5.44. The summed E-state index contributed by atoms with van der Waals surface area (Å²) in [5.74, 6) is 1.58. The third-order valence-corrected chi connectivity index (χ3v) is 3.17. The van der Waals surface area contributed by atoms with Gasteiger partial charge in [0.05, 0.1) is 6.61 Å². The van der Waals surface area contributed by atoms with Gasteiger partial charge in [0.15, 0.2) is 0 Å². The van der Waals surface area contributed by atoms with E-state index in [9.17, 15) is 0 Å². The van der Waals surface area contributed by atoms with Gasteiger partial charge >= 0.3 is 0 Å². The number of imidazole rings is 1. The van der Waals surface area contributed by atoms with Crippen molar-refractivity contribution >= 4 is 5.95 Å². The summed E-state index contributed by atoms with van der Waals surface area (Å²) in [4.78, 5) is 4.36. The number of nitrogens with zero attached hydrogens (tertiary/aromatic N) is 2. The van der Waals surface area contributed by atoms with Crippen molar-refractivity contribution in [3.63, 3.8) is 0 Å². The summed E-state index contributed by atoms with van der Waals surface area (Å²) < 4.78 is 7.66. The van der Waals surface area contributed by atoms with Crippen LogP contribution in [0.5, 0.6) is 0 Å². The highest BCUT2D eigenvalue weighted by Crippen LogP contribution is 2.28. The second-order valence-corrected chi connectivity index (χ2v) is 4.82. The lowest BCUT2D eigenvalue weighted by molar-refractivity contribution is 0.175. The van der Waals surface area contributed by atoms with Gasteiger partial charge in [0, 0.05) is 37.0 Å². The molecule has 2 heterocycles. The van der Waals surface area contributed by atoms with E-state index in [1.54, 1.807) is 0 Å². The Bertz CT molecular complexity index is 329. The van der Waals surface area contributed by atoms with E-state index in [0.29, 0.717) is 18.0 Å². The van der Waals surface area contributed by atoms with Crippen LogP contribution in [0.15, 0.2) is 12.4 Å². The fourth-order valence-electron chi connectivity index (χ4n) is 2.17. The monoisotopic (exact) mass is 223 g/mol. The minimum atomic E-state index is 0.410. The quantitative estimate of drug-likeness (QED) is 0.851. The van der Waals surface area contributed by atoms with Crippen LogP contribution >= 0.6 is 0 Å². The first-order valence-electron chi connectivity index (χ1n) is 6.05. The van der Waals surface area contributed by atoms with Gasteiger partial charge in [0.2, 0.25) is 5.95 Å². The molecule has 90 valence electrons. The van der Waals surface area contributed by atoms with Gasteiger partial charge in [-0.3, -0.25) is 0 Å². The zero-order valence-corrected chi connectivity index (χ0v) is 10.3. The summed E-state index contributed by atoms with van der Waals surface area (Å²) in [6.07, 6.45) is 5.06. The molecule has 2 atom stereocenters. The van der Waals surface area contributed by atoms with E-state index >= 15 is 0 Å². The van der Waals surface area contributed by atoms with Crippen LogP contribution in [0, 0.1) is 5.92 Å². The molecule has 4 heteroatoms. The van der Waals surface area contributed by atoms with Crippen molar-refractivity contribution in [3.8, 4) is 0 Å². The first kappa shape index (κ1) is 11.5. The molecule has 0 spiro atoms. The summed E-state index contributed by atoms with van der Waals surface area (Å²) in [5.41, 5.74) is 0. The van der Waals surface area contributed by atoms with Crippen molar-refractivity contribution in [1.29, 1.82) is 0 Å². The first-order valence-corrected chi connectivity index (χ1v) is 6.05. The molecule has 1 fully saturated rings. The highest BCUT2D eigenvalue weighted by molar-refractivity contribution is 5.27. The second-order valence-electron chi connectivity index (χ2n) is 4.82. The Balaban J connectivity index is 2.09. The first-order chi connectivity index (χ1) is 7.68. The number of ether oxygens (including phenoxy) is 1. The fraction of sp³-hybridized carbons (Fsp3) is 0.750. The molecule has 1 aliphatic heterocycles. The number of rotatable bonds is 4. The Morgan fingerprint density at radius 3 is 2.94 bits per heavy atom.